The van der Waals surface area contributed by atoms with Crippen LogP contribution in [0.1, 0.15) is 24.3 Å². The van der Waals surface area contributed by atoms with Gasteiger partial charge in [-0.15, -0.1) is 0 Å². The summed E-state index contributed by atoms with van der Waals surface area (Å²) in [4.78, 5) is 2.59. The van der Waals surface area contributed by atoms with E-state index in [-0.39, 0.29) is 5.54 Å². The van der Waals surface area contributed by atoms with E-state index in [2.05, 4.69) is 120 Å². The van der Waals surface area contributed by atoms with Crippen molar-refractivity contribution < 1.29 is 0 Å². The van der Waals surface area contributed by atoms with E-state index < -0.39 is 0 Å². The van der Waals surface area contributed by atoms with Crippen molar-refractivity contribution in [2.24, 2.45) is 5.92 Å². The Morgan fingerprint density at radius 1 is 0.667 bits per heavy atom. The van der Waals surface area contributed by atoms with Gasteiger partial charge in [-0.2, -0.15) is 0 Å². The molecule has 3 unspecified atom stereocenters. The molecule has 3 atom stereocenters. The number of anilines is 2. The maximum atomic E-state index is 2.59. The lowest BCUT2D eigenvalue weighted by Gasteiger charge is -2.45. The normalized spacial score (nSPS) is 24.4. The van der Waals surface area contributed by atoms with Gasteiger partial charge in [-0.1, -0.05) is 91.0 Å². The SMILES string of the molecule is C1=CC2(N(c3ccccc3)c3ccccc3)CC1CC2c1ccc2ccccc2c1. The molecule has 4 aromatic rings. The van der Waals surface area contributed by atoms with Crippen LogP contribution in [0, 0.1) is 5.92 Å². The third-order valence-corrected chi connectivity index (χ3v) is 7.01. The number of rotatable bonds is 4. The zero-order chi connectivity index (χ0) is 20.0. The van der Waals surface area contributed by atoms with Gasteiger partial charge >= 0.3 is 0 Å². The lowest BCUT2D eigenvalue weighted by Crippen LogP contribution is -2.46. The molecule has 1 saturated carbocycles. The number of hydrogen-bond acceptors (Lipinski definition) is 1. The summed E-state index contributed by atoms with van der Waals surface area (Å²) in [5, 5.41) is 2.65. The number of benzene rings is 4. The van der Waals surface area contributed by atoms with E-state index in [0.717, 1.165) is 0 Å². The molecular weight excluding hydrogens is 362 g/mol. The van der Waals surface area contributed by atoms with Crippen molar-refractivity contribution >= 4 is 22.1 Å². The lowest BCUT2D eigenvalue weighted by molar-refractivity contribution is 0.478. The van der Waals surface area contributed by atoms with Crippen molar-refractivity contribution in [3.63, 3.8) is 0 Å². The molecule has 6 rings (SSSR count). The summed E-state index contributed by atoms with van der Waals surface area (Å²) in [5.74, 6) is 1.12. The number of fused-ring (bicyclic) bond motifs is 3. The molecule has 2 aliphatic carbocycles. The summed E-state index contributed by atoms with van der Waals surface area (Å²) in [6.45, 7) is 0. The first-order valence-electron chi connectivity index (χ1n) is 10.9. The minimum Gasteiger partial charge on any atom is -0.331 e. The van der Waals surface area contributed by atoms with E-state index in [1.54, 1.807) is 0 Å². The summed E-state index contributed by atoms with van der Waals surface area (Å²) < 4.78 is 0. The molecule has 146 valence electrons. The summed E-state index contributed by atoms with van der Waals surface area (Å²) in [6.07, 6.45) is 7.34. The molecule has 1 fully saturated rings. The van der Waals surface area contributed by atoms with Gasteiger partial charge in [0.1, 0.15) is 0 Å². The van der Waals surface area contributed by atoms with Crippen molar-refractivity contribution in [2.75, 3.05) is 4.90 Å². The Morgan fingerprint density at radius 3 is 1.97 bits per heavy atom. The molecule has 0 aliphatic heterocycles. The second-order valence-corrected chi connectivity index (χ2v) is 8.72. The van der Waals surface area contributed by atoms with Gasteiger partial charge in [0, 0.05) is 17.3 Å². The second-order valence-electron chi connectivity index (χ2n) is 8.72. The predicted octanol–water partition coefficient (Wildman–Crippen LogP) is 7.48. The summed E-state index contributed by atoms with van der Waals surface area (Å²) in [6, 6.07) is 37.6. The van der Waals surface area contributed by atoms with Crippen LogP contribution in [-0.4, -0.2) is 5.54 Å². The van der Waals surface area contributed by atoms with Crippen LogP contribution in [0.3, 0.4) is 0 Å². The monoisotopic (exact) mass is 387 g/mol. The molecule has 0 amide bonds. The number of para-hydroxylation sites is 2. The van der Waals surface area contributed by atoms with Gasteiger partial charge < -0.3 is 4.90 Å². The molecule has 0 spiro atoms. The van der Waals surface area contributed by atoms with Crippen LogP contribution in [-0.2, 0) is 0 Å². The highest BCUT2D eigenvalue weighted by molar-refractivity contribution is 5.83. The van der Waals surface area contributed by atoms with E-state index in [1.165, 1.54) is 40.6 Å². The Morgan fingerprint density at radius 2 is 1.30 bits per heavy atom. The van der Waals surface area contributed by atoms with E-state index >= 15 is 0 Å². The zero-order valence-corrected chi connectivity index (χ0v) is 17.0. The number of hydrogen-bond donors (Lipinski definition) is 0. The van der Waals surface area contributed by atoms with Gasteiger partial charge in [0.05, 0.1) is 5.54 Å². The smallest absolute Gasteiger partial charge is 0.0707 e. The van der Waals surface area contributed by atoms with Crippen molar-refractivity contribution in [3.8, 4) is 0 Å². The van der Waals surface area contributed by atoms with E-state index in [1.807, 2.05) is 0 Å². The summed E-state index contributed by atoms with van der Waals surface area (Å²) in [5.41, 5.74) is 3.95. The van der Waals surface area contributed by atoms with E-state index in [0.29, 0.717) is 11.8 Å². The fraction of sp³-hybridized carbons (Fsp3) is 0.172. The molecule has 0 radical (unpaired) electrons. The fourth-order valence-corrected chi connectivity index (χ4v) is 5.74. The highest BCUT2D eigenvalue weighted by Gasteiger charge is 2.53. The molecule has 1 heteroatoms. The molecule has 1 nitrogen and oxygen atoms in total. The molecule has 2 bridgehead atoms. The minimum atomic E-state index is -0.0319. The van der Waals surface area contributed by atoms with Gasteiger partial charge in [0.25, 0.3) is 0 Å². The molecular formula is C29H25N. The Kier molecular flexibility index (Phi) is 4.02. The van der Waals surface area contributed by atoms with Gasteiger partial charge in [0.15, 0.2) is 0 Å². The Hall–Kier alpha value is -3.32. The fourth-order valence-electron chi connectivity index (χ4n) is 5.74. The summed E-state index contributed by atoms with van der Waals surface area (Å²) >= 11 is 0. The van der Waals surface area contributed by atoms with Crippen LogP contribution in [0.5, 0.6) is 0 Å². The highest BCUT2D eigenvalue weighted by Crippen LogP contribution is 2.57. The van der Waals surface area contributed by atoms with Crippen LogP contribution in [0.2, 0.25) is 0 Å². The largest absolute Gasteiger partial charge is 0.331 e. The molecule has 2 aliphatic rings. The second kappa shape index (κ2) is 6.88. The molecule has 30 heavy (non-hydrogen) atoms. The topological polar surface area (TPSA) is 3.24 Å². The number of allylic oxidation sites excluding steroid dienone is 1. The Labute approximate surface area is 178 Å². The molecule has 4 aromatic carbocycles. The third-order valence-electron chi connectivity index (χ3n) is 7.01. The van der Waals surface area contributed by atoms with Crippen LogP contribution < -0.4 is 4.90 Å². The van der Waals surface area contributed by atoms with E-state index in [9.17, 15) is 0 Å². The maximum absolute atomic E-state index is 2.59. The first-order valence-corrected chi connectivity index (χ1v) is 10.9. The zero-order valence-electron chi connectivity index (χ0n) is 17.0. The van der Waals surface area contributed by atoms with Crippen LogP contribution >= 0.6 is 0 Å². The average molecular weight is 388 g/mol. The van der Waals surface area contributed by atoms with E-state index in [4.69, 9.17) is 0 Å². The first kappa shape index (κ1) is 17.5. The van der Waals surface area contributed by atoms with Gasteiger partial charge in [0.2, 0.25) is 0 Å². The van der Waals surface area contributed by atoms with Crippen LogP contribution in [0.15, 0.2) is 115 Å². The molecule has 0 N–H and O–H groups in total. The highest BCUT2D eigenvalue weighted by atomic mass is 15.2. The quantitative estimate of drug-likeness (QED) is 0.328. The Bertz CT molecular complexity index is 1170. The lowest BCUT2D eigenvalue weighted by atomic mass is 9.78. The molecule has 0 saturated heterocycles. The maximum Gasteiger partial charge on any atom is 0.0707 e. The van der Waals surface area contributed by atoms with Gasteiger partial charge in [-0.25, -0.2) is 0 Å². The third kappa shape index (κ3) is 2.69. The summed E-state index contributed by atoms with van der Waals surface area (Å²) in [7, 11) is 0. The van der Waals surface area contributed by atoms with Crippen molar-refractivity contribution in [1.29, 1.82) is 0 Å². The predicted molar refractivity (Wildman–Crippen MR) is 126 cm³/mol. The van der Waals surface area contributed by atoms with Crippen LogP contribution in [0.25, 0.3) is 10.8 Å². The molecule has 0 heterocycles. The minimum absolute atomic E-state index is 0.0319. The average Bonchev–Trinajstić information content (AvgIpc) is 3.39. The van der Waals surface area contributed by atoms with Crippen molar-refractivity contribution in [1.82, 2.24) is 0 Å². The number of nitrogens with zero attached hydrogens (tertiary/aromatic N) is 1. The van der Waals surface area contributed by atoms with Crippen molar-refractivity contribution in [2.45, 2.75) is 24.3 Å². The molecule has 0 aromatic heterocycles. The van der Waals surface area contributed by atoms with Gasteiger partial charge in [-0.05, 0) is 59.4 Å². The standard InChI is InChI=1S/C29H25N/c1-3-11-26(12-4-1)30(27-13-5-2-6-14-27)29-18-17-22(21-29)19-28(29)25-16-15-23-9-7-8-10-24(23)20-25/h1-18,20,22,28H,19,21H2. The van der Waals surface area contributed by atoms with Crippen LogP contribution in [0.4, 0.5) is 11.4 Å². The first-order chi connectivity index (χ1) is 14.8. The van der Waals surface area contributed by atoms with Crippen molar-refractivity contribution in [3.05, 3.63) is 121 Å². The Balaban J connectivity index is 1.52. The van der Waals surface area contributed by atoms with Gasteiger partial charge in [-0.3, -0.25) is 0 Å².